The molecule has 0 aromatic heterocycles. The average Bonchev–Trinajstić information content (AvgIpc) is 3.07. The van der Waals surface area contributed by atoms with Crippen LogP contribution in [0.4, 0.5) is 0 Å². The normalized spacial score (nSPS) is 16.1. The summed E-state index contributed by atoms with van der Waals surface area (Å²) in [4.78, 5) is 61.1. The van der Waals surface area contributed by atoms with Crippen LogP contribution in [0.1, 0.15) is 23.1 Å². The Hall–Kier alpha value is -3.06. The molecule has 282 valence electrons. The van der Waals surface area contributed by atoms with Crippen LogP contribution in [0.2, 0.25) is 0 Å². The van der Waals surface area contributed by atoms with Crippen molar-refractivity contribution in [3.05, 3.63) is 83.6 Å². The fourth-order valence-corrected chi connectivity index (χ4v) is 5.43. The van der Waals surface area contributed by atoms with E-state index in [-0.39, 0.29) is 90.9 Å². The SMILES string of the molecule is C=C(O)CN1CCN(CC(=O)O)CCN(CC(=O)NCc2ccc(CONC(=O)[C@H](N)CCc3ccccc3)cc2)CCN(CC(=O)O)CC1.[Gd]. The molecule has 1 aliphatic heterocycles. The Kier molecular flexibility index (Phi) is 21.0. The number of hydrogen-bond donors (Lipinski definition) is 6. The van der Waals surface area contributed by atoms with Crippen molar-refractivity contribution in [2.75, 3.05) is 78.5 Å². The van der Waals surface area contributed by atoms with Crippen LogP contribution in [-0.2, 0) is 43.6 Å². The first-order valence-electron chi connectivity index (χ1n) is 16.7. The molecule has 0 aliphatic carbocycles. The topological polar surface area (TPSA) is 201 Å². The molecule has 1 heterocycles. The van der Waals surface area contributed by atoms with Gasteiger partial charge in [-0.15, -0.1) is 0 Å². The minimum atomic E-state index is -0.965. The number of carboxylic acids is 2. The summed E-state index contributed by atoms with van der Waals surface area (Å²) in [5, 5.41) is 31.6. The third-order valence-electron chi connectivity index (χ3n) is 8.27. The van der Waals surface area contributed by atoms with Gasteiger partial charge in [0.05, 0.1) is 44.6 Å². The number of aryl methyl sites for hydroxylation is 1. The van der Waals surface area contributed by atoms with Gasteiger partial charge in [-0.1, -0.05) is 61.2 Å². The summed E-state index contributed by atoms with van der Waals surface area (Å²) in [6.07, 6.45) is 1.18. The van der Waals surface area contributed by atoms with Gasteiger partial charge < -0.3 is 26.4 Å². The number of aliphatic hydroxyl groups excluding tert-OH is 1. The third-order valence-corrected chi connectivity index (χ3v) is 8.27. The Labute approximate surface area is 331 Å². The van der Waals surface area contributed by atoms with Crippen molar-refractivity contribution in [1.29, 1.82) is 0 Å². The number of carboxylic acid groups (broad SMARTS) is 2. The molecule has 7 N–H and O–H groups in total. The Morgan fingerprint density at radius 2 is 1.18 bits per heavy atom. The molecule has 15 nitrogen and oxygen atoms in total. The van der Waals surface area contributed by atoms with E-state index in [1.165, 1.54) is 0 Å². The molecule has 2 aromatic carbocycles. The van der Waals surface area contributed by atoms with Crippen LogP contribution in [0.3, 0.4) is 0 Å². The molecule has 0 unspecified atom stereocenters. The number of nitrogens with zero attached hydrogens (tertiary/aromatic N) is 4. The smallest absolute Gasteiger partial charge is 0.317 e. The zero-order valence-electron chi connectivity index (χ0n) is 28.9. The number of hydrogen-bond acceptors (Lipinski definition) is 11. The van der Waals surface area contributed by atoms with E-state index in [2.05, 4.69) is 17.4 Å². The van der Waals surface area contributed by atoms with Crippen molar-refractivity contribution in [3.8, 4) is 0 Å². The summed E-state index contributed by atoms with van der Waals surface area (Å²) in [6, 6.07) is 16.5. The second kappa shape index (κ2) is 24.2. The van der Waals surface area contributed by atoms with E-state index in [9.17, 15) is 34.5 Å². The van der Waals surface area contributed by atoms with Gasteiger partial charge in [-0.2, -0.15) is 0 Å². The van der Waals surface area contributed by atoms with Crippen molar-refractivity contribution >= 4 is 23.8 Å². The van der Waals surface area contributed by atoms with Gasteiger partial charge in [-0.3, -0.25) is 43.6 Å². The summed E-state index contributed by atoms with van der Waals surface area (Å²) in [5.74, 6) is -2.57. The molecule has 0 saturated carbocycles. The van der Waals surface area contributed by atoms with Crippen LogP contribution in [-0.4, -0.2) is 143 Å². The maximum Gasteiger partial charge on any atom is 0.317 e. The summed E-state index contributed by atoms with van der Waals surface area (Å²) in [5.41, 5.74) is 11.2. The largest absolute Gasteiger partial charge is 0.512 e. The summed E-state index contributed by atoms with van der Waals surface area (Å²) in [7, 11) is 0. The minimum Gasteiger partial charge on any atom is -0.512 e. The molecule has 3 rings (SSSR count). The molecule has 16 heteroatoms. The summed E-state index contributed by atoms with van der Waals surface area (Å²) >= 11 is 0. The fourth-order valence-electron chi connectivity index (χ4n) is 5.43. The Bertz CT molecular complexity index is 1350. The van der Waals surface area contributed by atoms with Gasteiger partial charge in [-0.25, -0.2) is 5.48 Å². The van der Waals surface area contributed by atoms with Crippen molar-refractivity contribution in [2.45, 2.75) is 32.0 Å². The van der Waals surface area contributed by atoms with E-state index < -0.39 is 23.9 Å². The summed E-state index contributed by atoms with van der Waals surface area (Å²) < 4.78 is 0. The van der Waals surface area contributed by atoms with Crippen LogP contribution in [0, 0.1) is 39.9 Å². The zero-order valence-corrected chi connectivity index (χ0v) is 31.2. The summed E-state index contributed by atoms with van der Waals surface area (Å²) in [6.45, 7) is 7.19. The van der Waals surface area contributed by atoms with Crippen molar-refractivity contribution in [3.63, 3.8) is 0 Å². The maximum atomic E-state index is 13.0. The number of carbonyl (C=O) groups is 4. The Morgan fingerprint density at radius 3 is 1.67 bits per heavy atom. The number of carbonyl (C=O) groups excluding carboxylic acids is 2. The monoisotopic (exact) mass is 855 g/mol. The Morgan fingerprint density at radius 1 is 0.706 bits per heavy atom. The number of aliphatic carboxylic acids is 2. The van der Waals surface area contributed by atoms with Crippen molar-refractivity contribution < 1.29 is 79.3 Å². The van der Waals surface area contributed by atoms with Gasteiger partial charge in [-0.05, 0) is 29.5 Å². The average molecular weight is 855 g/mol. The predicted octanol–water partition coefficient (Wildman–Crippen LogP) is 0.273. The van der Waals surface area contributed by atoms with Crippen LogP contribution < -0.4 is 16.5 Å². The number of rotatable bonds is 17. The molecule has 0 bridgehead atoms. The second-order valence-corrected chi connectivity index (χ2v) is 12.4. The quantitative estimate of drug-likeness (QED) is 0.0938. The molecule has 0 radical (unpaired) electrons. The standard InChI is InChI=1S/C35H51N7O8.Gd/c1-27(43)22-39-13-17-41(24-33(45)46)19-15-40(16-20-42(18-14-39)25-34(47)48)23-32(44)37-21-29-7-9-30(10-8-29)26-50-38-35(49)31(36)12-11-28-5-3-2-4-6-28;/h2-10,31,43H,1,11-26,36H2,(H,37,44)(H,38,49)(H,45,46)(H,47,48);/t31-;/m1./s1. The molecule has 1 aliphatic rings. The van der Waals surface area contributed by atoms with E-state index >= 15 is 0 Å². The second-order valence-electron chi connectivity index (χ2n) is 12.4. The number of hydroxylamine groups is 1. The van der Waals surface area contributed by atoms with Crippen LogP contribution in [0.15, 0.2) is 66.9 Å². The van der Waals surface area contributed by atoms with E-state index in [0.717, 1.165) is 16.7 Å². The van der Waals surface area contributed by atoms with E-state index in [1.54, 1.807) is 9.80 Å². The molecule has 1 atom stereocenters. The van der Waals surface area contributed by atoms with Crippen LogP contribution in [0.25, 0.3) is 0 Å². The molecule has 1 fully saturated rings. The predicted molar refractivity (Wildman–Crippen MR) is 187 cm³/mol. The number of amides is 2. The van der Waals surface area contributed by atoms with E-state index in [4.69, 9.17) is 10.6 Å². The van der Waals surface area contributed by atoms with Gasteiger partial charge in [0.2, 0.25) is 5.91 Å². The van der Waals surface area contributed by atoms with Gasteiger partial charge >= 0.3 is 11.9 Å². The minimum absolute atomic E-state index is 0. The van der Waals surface area contributed by atoms with Gasteiger partial charge in [0.25, 0.3) is 5.91 Å². The van der Waals surface area contributed by atoms with E-state index in [0.29, 0.717) is 65.2 Å². The molecular formula is C35H51GdN7O8. The maximum absolute atomic E-state index is 13.0. The number of nitrogens with two attached hydrogens (primary N) is 1. The Balaban J connectivity index is 0.00000901. The molecular weight excluding hydrogens is 804 g/mol. The van der Waals surface area contributed by atoms with Crippen LogP contribution >= 0.6 is 0 Å². The molecule has 1 saturated heterocycles. The van der Waals surface area contributed by atoms with Crippen molar-refractivity contribution in [2.24, 2.45) is 5.73 Å². The fraction of sp³-hybridized carbons (Fsp3) is 0.486. The molecule has 2 aromatic rings. The van der Waals surface area contributed by atoms with Crippen LogP contribution in [0.5, 0.6) is 0 Å². The van der Waals surface area contributed by atoms with Gasteiger partial charge in [0.15, 0.2) is 0 Å². The first kappa shape index (κ1) is 44.1. The number of nitrogens with one attached hydrogen (secondary N) is 2. The van der Waals surface area contributed by atoms with Gasteiger partial charge in [0, 0.05) is 98.8 Å². The van der Waals surface area contributed by atoms with E-state index in [1.807, 2.05) is 64.4 Å². The molecule has 51 heavy (non-hydrogen) atoms. The molecule has 0 spiro atoms. The first-order valence-corrected chi connectivity index (χ1v) is 16.7. The first-order chi connectivity index (χ1) is 24.0. The van der Waals surface area contributed by atoms with Crippen molar-refractivity contribution in [1.82, 2.24) is 30.4 Å². The zero-order chi connectivity index (χ0) is 36.3. The van der Waals surface area contributed by atoms with Gasteiger partial charge in [0.1, 0.15) is 0 Å². The number of benzene rings is 2. The molecule has 2 amide bonds. The number of aliphatic hydroxyl groups is 1. The third kappa shape index (κ3) is 18.8.